The van der Waals surface area contributed by atoms with E-state index in [1.807, 2.05) is 6.07 Å². The molecule has 0 aliphatic rings. The third-order valence-electron chi connectivity index (χ3n) is 1.56. The summed E-state index contributed by atoms with van der Waals surface area (Å²) in [6.45, 7) is 0. The van der Waals surface area contributed by atoms with Gasteiger partial charge in [-0.05, 0) is 23.7 Å². The molecule has 0 radical (unpaired) electrons. The van der Waals surface area contributed by atoms with Crippen molar-refractivity contribution in [2.24, 2.45) is 5.73 Å². The van der Waals surface area contributed by atoms with Gasteiger partial charge in [0.1, 0.15) is 0 Å². The average Bonchev–Trinajstić information content (AvgIpc) is 2.68. The Labute approximate surface area is 83.8 Å². The topological polar surface area (TPSA) is 81.8 Å². The highest BCUT2D eigenvalue weighted by Crippen LogP contribution is 2.15. The summed E-state index contributed by atoms with van der Waals surface area (Å²) >= 11 is 0.989. The summed E-state index contributed by atoms with van der Waals surface area (Å²) in [5.41, 5.74) is 5.83. The van der Waals surface area contributed by atoms with Crippen LogP contribution in [0.2, 0.25) is 0 Å². The molecule has 0 aliphatic heterocycles. The van der Waals surface area contributed by atoms with Gasteiger partial charge < -0.3 is 5.73 Å². The molecule has 2 aromatic rings. The lowest BCUT2D eigenvalue weighted by atomic mass is 10.3. The first kappa shape index (κ1) is 8.76. The van der Waals surface area contributed by atoms with Gasteiger partial charge >= 0.3 is 0 Å². The Morgan fingerprint density at radius 3 is 2.93 bits per heavy atom. The first-order valence-electron chi connectivity index (χ1n) is 3.81. The summed E-state index contributed by atoms with van der Waals surface area (Å²) in [5.74, 6) is -0.0745. The number of carbonyl (C=O) groups is 1. The van der Waals surface area contributed by atoms with Crippen LogP contribution in [0.5, 0.6) is 0 Å². The highest BCUT2D eigenvalue weighted by Gasteiger charge is 2.09. The molecule has 0 unspecified atom stereocenters. The number of rotatable bonds is 2. The monoisotopic (exact) mass is 206 g/mol. The molecule has 0 saturated heterocycles. The van der Waals surface area contributed by atoms with Crippen LogP contribution in [-0.4, -0.2) is 20.2 Å². The minimum absolute atomic E-state index is 0.212. The molecular formula is C8H6N4OS. The van der Waals surface area contributed by atoms with E-state index in [4.69, 9.17) is 5.73 Å². The van der Waals surface area contributed by atoms with Crippen molar-refractivity contribution < 1.29 is 4.79 Å². The van der Waals surface area contributed by atoms with Gasteiger partial charge in [0.25, 0.3) is 5.91 Å². The third-order valence-corrected chi connectivity index (χ3v) is 2.29. The van der Waals surface area contributed by atoms with E-state index >= 15 is 0 Å². The van der Waals surface area contributed by atoms with E-state index in [1.54, 1.807) is 18.5 Å². The van der Waals surface area contributed by atoms with Crippen molar-refractivity contribution in [1.82, 2.24) is 14.3 Å². The normalized spacial score (nSPS) is 10.0. The van der Waals surface area contributed by atoms with E-state index in [9.17, 15) is 4.79 Å². The fraction of sp³-hybridized carbons (Fsp3) is 0. The Morgan fingerprint density at radius 1 is 1.50 bits per heavy atom. The van der Waals surface area contributed by atoms with Crippen LogP contribution < -0.4 is 5.73 Å². The maximum absolute atomic E-state index is 10.8. The zero-order valence-electron chi connectivity index (χ0n) is 7.04. The van der Waals surface area contributed by atoms with Crippen LogP contribution in [0.15, 0.2) is 24.5 Å². The molecule has 0 fully saturated rings. The molecule has 5 nitrogen and oxygen atoms in total. The number of hydrogen-bond donors (Lipinski definition) is 1. The fourth-order valence-electron chi connectivity index (χ4n) is 0.936. The zero-order chi connectivity index (χ0) is 9.97. The number of aromatic nitrogens is 3. The van der Waals surface area contributed by atoms with Gasteiger partial charge in [-0.15, -0.1) is 0 Å². The maximum Gasteiger partial charge on any atom is 0.279 e. The Kier molecular flexibility index (Phi) is 2.19. The number of carbonyl (C=O) groups excluding carboxylic acids is 1. The molecule has 1 amide bonds. The molecule has 0 aliphatic carbocycles. The Balaban J connectivity index is 2.39. The summed E-state index contributed by atoms with van der Waals surface area (Å²) in [6, 6.07) is 3.60. The molecule has 6 heteroatoms. The van der Waals surface area contributed by atoms with Gasteiger partial charge in [-0.2, -0.15) is 4.37 Å². The van der Waals surface area contributed by atoms with Gasteiger partial charge in [0.05, 0.1) is 0 Å². The van der Waals surface area contributed by atoms with Crippen LogP contribution in [-0.2, 0) is 0 Å². The van der Waals surface area contributed by atoms with Crippen LogP contribution in [0, 0.1) is 0 Å². The van der Waals surface area contributed by atoms with Crippen molar-refractivity contribution in [1.29, 1.82) is 0 Å². The van der Waals surface area contributed by atoms with Crippen LogP contribution >= 0.6 is 11.5 Å². The van der Waals surface area contributed by atoms with E-state index in [2.05, 4.69) is 14.3 Å². The Morgan fingerprint density at radius 2 is 2.36 bits per heavy atom. The highest BCUT2D eigenvalue weighted by atomic mass is 32.1. The summed E-state index contributed by atoms with van der Waals surface area (Å²) in [7, 11) is 0. The van der Waals surface area contributed by atoms with E-state index < -0.39 is 5.91 Å². The van der Waals surface area contributed by atoms with Crippen molar-refractivity contribution in [2.75, 3.05) is 0 Å². The van der Waals surface area contributed by atoms with Gasteiger partial charge in [-0.25, -0.2) is 4.98 Å². The lowest BCUT2D eigenvalue weighted by molar-refractivity contribution is 0.1000. The lowest BCUT2D eigenvalue weighted by Gasteiger charge is -1.90. The minimum atomic E-state index is -0.558. The molecular weight excluding hydrogens is 200 g/mol. The van der Waals surface area contributed by atoms with Crippen LogP contribution in [0.3, 0.4) is 0 Å². The SMILES string of the molecule is NC(=O)c1nc(-c2cccnc2)ns1. The van der Waals surface area contributed by atoms with Gasteiger partial charge in [0.2, 0.25) is 5.01 Å². The molecule has 2 heterocycles. The number of hydrogen-bond acceptors (Lipinski definition) is 5. The first-order chi connectivity index (χ1) is 6.77. The molecule has 0 atom stereocenters. The van der Waals surface area contributed by atoms with E-state index in [0.717, 1.165) is 17.1 Å². The van der Waals surface area contributed by atoms with Gasteiger partial charge in [-0.1, -0.05) is 0 Å². The van der Waals surface area contributed by atoms with Crippen molar-refractivity contribution in [3.63, 3.8) is 0 Å². The molecule has 0 saturated carbocycles. The fourth-order valence-corrected chi connectivity index (χ4v) is 1.47. The van der Waals surface area contributed by atoms with Crippen molar-refractivity contribution in [2.45, 2.75) is 0 Å². The summed E-state index contributed by atoms with van der Waals surface area (Å²) in [6.07, 6.45) is 3.29. The molecule has 70 valence electrons. The number of amides is 1. The van der Waals surface area contributed by atoms with Gasteiger partial charge in [-0.3, -0.25) is 9.78 Å². The number of primary amides is 1. The van der Waals surface area contributed by atoms with E-state index in [-0.39, 0.29) is 5.01 Å². The van der Waals surface area contributed by atoms with Crippen LogP contribution in [0.4, 0.5) is 0 Å². The maximum atomic E-state index is 10.8. The quantitative estimate of drug-likeness (QED) is 0.784. The molecule has 2 N–H and O–H groups in total. The Hall–Kier alpha value is -1.82. The number of nitrogens with zero attached hydrogens (tertiary/aromatic N) is 3. The second-order valence-corrected chi connectivity index (χ2v) is 3.28. The smallest absolute Gasteiger partial charge is 0.279 e. The summed E-state index contributed by atoms with van der Waals surface area (Å²) in [4.78, 5) is 18.7. The third kappa shape index (κ3) is 1.60. The number of pyridine rings is 1. The summed E-state index contributed by atoms with van der Waals surface area (Å²) in [5, 5.41) is 0.212. The van der Waals surface area contributed by atoms with Gasteiger partial charge in [0, 0.05) is 18.0 Å². The molecule has 0 spiro atoms. The zero-order valence-corrected chi connectivity index (χ0v) is 7.86. The second kappa shape index (κ2) is 3.51. The molecule has 2 rings (SSSR count). The Bertz CT molecular complexity index is 453. The lowest BCUT2D eigenvalue weighted by Crippen LogP contribution is -2.10. The van der Waals surface area contributed by atoms with E-state index in [1.165, 1.54) is 0 Å². The largest absolute Gasteiger partial charge is 0.363 e. The van der Waals surface area contributed by atoms with E-state index in [0.29, 0.717) is 5.82 Å². The van der Waals surface area contributed by atoms with Crippen molar-refractivity contribution in [3.05, 3.63) is 29.5 Å². The average molecular weight is 206 g/mol. The second-order valence-electron chi connectivity index (χ2n) is 2.53. The standard InChI is InChI=1S/C8H6N4OS/c9-6(13)8-11-7(12-14-8)5-2-1-3-10-4-5/h1-4H,(H2,9,13). The predicted octanol–water partition coefficient (Wildman–Crippen LogP) is 0.699. The molecule has 14 heavy (non-hydrogen) atoms. The van der Waals surface area contributed by atoms with Crippen LogP contribution in [0.25, 0.3) is 11.4 Å². The molecule has 2 aromatic heterocycles. The molecule has 0 bridgehead atoms. The van der Waals surface area contributed by atoms with Crippen molar-refractivity contribution in [3.8, 4) is 11.4 Å². The molecule has 0 aromatic carbocycles. The predicted molar refractivity (Wildman–Crippen MR) is 51.7 cm³/mol. The number of nitrogens with two attached hydrogens (primary N) is 1. The summed E-state index contributed by atoms with van der Waals surface area (Å²) < 4.78 is 4.00. The van der Waals surface area contributed by atoms with Gasteiger partial charge in [0.15, 0.2) is 5.82 Å². The van der Waals surface area contributed by atoms with Crippen LogP contribution in [0.1, 0.15) is 9.80 Å². The highest BCUT2D eigenvalue weighted by molar-refractivity contribution is 7.07. The first-order valence-corrected chi connectivity index (χ1v) is 4.58. The van der Waals surface area contributed by atoms with Crippen molar-refractivity contribution >= 4 is 17.4 Å². The minimum Gasteiger partial charge on any atom is -0.363 e.